The third-order valence-electron chi connectivity index (χ3n) is 7.99. The lowest BCUT2D eigenvalue weighted by Crippen LogP contribution is -2.45. The lowest BCUT2D eigenvalue weighted by Gasteiger charge is -2.41. The molecule has 216 valence electrons. The van der Waals surface area contributed by atoms with Crippen LogP contribution in [0.1, 0.15) is 65.9 Å². The van der Waals surface area contributed by atoms with Crippen molar-refractivity contribution in [3.63, 3.8) is 0 Å². The van der Waals surface area contributed by atoms with Crippen LogP contribution in [-0.2, 0) is 23.5 Å². The van der Waals surface area contributed by atoms with Gasteiger partial charge >= 0.3 is 5.97 Å². The highest BCUT2D eigenvalue weighted by atomic mass is 32.2. The van der Waals surface area contributed by atoms with Gasteiger partial charge in [-0.25, -0.2) is 0 Å². The molecule has 1 aromatic rings. The Morgan fingerprint density at radius 2 is 1.58 bits per heavy atom. The van der Waals surface area contributed by atoms with Gasteiger partial charge in [0.1, 0.15) is 0 Å². The zero-order valence-corrected chi connectivity index (χ0v) is 26.5. The molecule has 0 aliphatic heterocycles. The lowest BCUT2D eigenvalue weighted by atomic mass is 9.77. The Hall–Kier alpha value is -1.74. The number of hydrogen-bond donors (Lipinski definition) is 1. The maximum atomic E-state index is 12.7. The molecule has 0 bridgehead atoms. The van der Waals surface area contributed by atoms with Gasteiger partial charge in [-0.3, -0.25) is 8.98 Å². The van der Waals surface area contributed by atoms with E-state index in [4.69, 9.17) is 8.61 Å². The van der Waals surface area contributed by atoms with Crippen LogP contribution in [-0.4, -0.2) is 40.5 Å². The van der Waals surface area contributed by atoms with Gasteiger partial charge in [0, 0.05) is 6.10 Å². The number of aryl methyl sites for hydroxylation is 1. The Morgan fingerprint density at radius 3 is 2.05 bits per heavy atom. The molecule has 1 rings (SSSR count). The van der Waals surface area contributed by atoms with Crippen molar-refractivity contribution in [3.05, 3.63) is 55.1 Å². The lowest BCUT2D eigenvalue weighted by molar-refractivity contribution is -0.145. The van der Waals surface area contributed by atoms with E-state index in [-0.39, 0.29) is 40.4 Å². The summed E-state index contributed by atoms with van der Waals surface area (Å²) in [5.41, 5.74) is 0.950. The number of allylic oxidation sites excluding steroid dienone is 2. The van der Waals surface area contributed by atoms with Gasteiger partial charge in [0.15, 0.2) is 8.32 Å². The van der Waals surface area contributed by atoms with Crippen LogP contribution < -0.4 is 0 Å². The smallest absolute Gasteiger partial charge is 0.306 e. The minimum absolute atomic E-state index is 0.0333. The Balaban J connectivity index is 3.09. The zero-order chi connectivity index (χ0) is 29.3. The molecule has 0 radical (unpaired) electrons. The number of aliphatic carboxylic acids is 1. The van der Waals surface area contributed by atoms with E-state index in [1.165, 1.54) is 12.1 Å². The van der Waals surface area contributed by atoms with Crippen molar-refractivity contribution in [3.8, 4) is 0 Å². The van der Waals surface area contributed by atoms with E-state index in [2.05, 4.69) is 53.9 Å². The first kappa shape index (κ1) is 34.3. The van der Waals surface area contributed by atoms with Gasteiger partial charge in [0.05, 0.1) is 17.4 Å². The minimum atomic E-state index is -3.94. The van der Waals surface area contributed by atoms with Crippen molar-refractivity contribution < 1.29 is 26.9 Å². The molecule has 0 aliphatic rings. The highest BCUT2D eigenvalue weighted by Gasteiger charge is 2.41. The predicted octanol–water partition coefficient (Wildman–Crippen LogP) is 7.61. The highest BCUT2D eigenvalue weighted by molar-refractivity contribution is 7.86. The van der Waals surface area contributed by atoms with Crippen LogP contribution in [0.15, 0.2) is 54.5 Å². The van der Waals surface area contributed by atoms with Crippen LogP contribution in [0.25, 0.3) is 0 Å². The van der Waals surface area contributed by atoms with Crippen molar-refractivity contribution in [2.45, 2.75) is 96.4 Å². The highest BCUT2D eigenvalue weighted by Crippen LogP contribution is 2.40. The number of hydrogen-bond acceptors (Lipinski definition) is 5. The summed E-state index contributed by atoms with van der Waals surface area (Å²) in [6.07, 6.45) is 5.75. The van der Waals surface area contributed by atoms with Gasteiger partial charge < -0.3 is 9.53 Å². The van der Waals surface area contributed by atoms with E-state index < -0.39 is 30.3 Å². The summed E-state index contributed by atoms with van der Waals surface area (Å²) in [6, 6.07) is 6.47. The van der Waals surface area contributed by atoms with Crippen LogP contribution in [0.3, 0.4) is 0 Å². The molecule has 0 saturated carbocycles. The Labute approximate surface area is 232 Å². The van der Waals surface area contributed by atoms with E-state index in [0.29, 0.717) is 19.3 Å². The standard InChI is InChI=1S/C30H50O6SSi/c1-11-13-23(4)28(36-38(9,10)30(6,7)8)20-19-27(29(31)32)26(14-12-2)24(5)21-35-37(33,34)25-17-15-22(3)16-18-25/h11-12,15-18,23-24,26-28H,1-2,13-14,19-21H2,3-10H3,(H,31,32)/t23-,24+,26+,27?,28-/m0/s1. The molecular formula is C30H50O6SSi. The molecule has 0 aliphatic carbocycles. The average Bonchev–Trinajstić information content (AvgIpc) is 2.80. The second kappa shape index (κ2) is 14.6. The molecular weight excluding hydrogens is 516 g/mol. The molecule has 8 heteroatoms. The van der Waals surface area contributed by atoms with E-state index >= 15 is 0 Å². The van der Waals surface area contributed by atoms with Crippen LogP contribution in [0.4, 0.5) is 0 Å². The molecule has 5 atom stereocenters. The first-order chi connectivity index (χ1) is 17.5. The molecule has 1 unspecified atom stereocenters. The summed E-state index contributed by atoms with van der Waals surface area (Å²) in [7, 11) is -6.02. The van der Waals surface area contributed by atoms with Crippen LogP contribution in [0.5, 0.6) is 0 Å². The van der Waals surface area contributed by atoms with E-state index in [1.807, 2.05) is 19.9 Å². The van der Waals surface area contributed by atoms with Gasteiger partial charge in [0.2, 0.25) is 0 Å². The molecule has 0 aromatic heterocycles. The third kappa shape index (κ3) is 10.1. The van der Waals surface area contributed by atoms with E-state index in [9.17, 15) is 18.3 Å². The first-order valence-electron chi connectivity index (χ1n) is 13.5. The fourth-order valence-electron chi connectivity index (χ4n) is 4.37. The fourth-order valence-corrected chi connectivity index (χ4v) is 6.83. The summed E-state index contributed by atoms with van der Waals surface area (Å²) in [6.45, 7) is 24.5. The largest absolute Gasteiger partial charge is 0.481 e. The van der Waals surface area contributed by atoms with Crippen LogP contribution >= 0.6 is 0 Å². The normalized spacial score (nSPS) is 16.7. The second-order valence-electron chi connectivity index (χ2n) is 12.2. The van der Waals surface area contributed by atoms with E-state index in [1.54, 1.807) is 18.2 Å². The van der Waals surface area contributed by atoms with Gasteiger partial charge in [-0.1, -0.05) is 64.5 Å². The Bertz CT molecular complexity index is 1010. The molecule has 0 fully saturated rings. The summed E-state index contributed by atoms with van der Waals surface area (Å²) < 4.78 is 37.6. The number of rotatable bonds is 17. The molecule has 0 heterocycles. The van der Waals surface area contributed by atoms with Crippen molar-refractivity contribution in [1.29, 1.82) is 0 Å². The SMILES string of the molecule is C=CC[C@H](C)[C@H](CCC(C(=O)O)[C@H](CC=C)[C@H](C)COS(=O)(=O)c1ccc(C)cc1)O[Si](C)(C)C(C)(C)C. The van der Waals surface area contributed by atoms with Gasteiger partial charge in [-0.15, -0.1) is 13.2 Å². The topological polar surface area (TPSA) is 89.9 Å². The molecule has 38 heavy (non-hydrogen) atoms. The zero-order valence-electron chi connectivity index (χ0n) is 24.7. The van der Waals surface area contributed by atoms with Gasteiger partial charge in [-0.05, 0) is 80.6 Å². The fraction of sp³-hybridized carbons (Fsp3) is 0.633. The molecule has 0 spiro atoms. The predicted molar refractivity (Wildman–Crippen MR) is 158 cm³/mol. The Kier molecular flexibility index (Phi) is 13.2. The molecule has 0 amide bonds. The Morgan fingerprint density at radius 1 is 1.03 bits per heavy atom. The monoisotopic (exact) mass is 566 g/mol. The van der Waals surface area contributed by atoms with Crippen molar-refractivity contribution in [2.75, 3.05) is 6.61 Å². The number of carbonyl (C=O) groups is 1. The van der Waals surface area contributed by atoms with Gasteiger partial charge in [0.25, 0.3) is 10.1 Å². The number of carboxylic acid groups (broad SMARTS) is 1. The summed E-state index contributed by atoms with van der Waals surface area (Å²) in [5.74, 6) is -2.03. The first-order valence-corrected chi connectivity index (χ1v) is 17.9. The maximum absolute atomic E-state index is 12.7. The van der Waals surface area contributed by atoms with Crippen molar-refractivity contribution in [2.24, 2.45) is 23.7 Å². The summed E-state index contributed by atoms with van der Waals surface area (Å²) in [4.78, 5) is 12.6. The molecule has 1 N–H and O–H groups in total. The average molecular weight is 567 g/mol. The second-order valence-corrected chi connectivity index (χ2v) is 18.5. The third-order valence-corrected chi connectivity index (χ3v) is 13.8. The number of carboxylic acids is 1. The van der Waals surface area contributed by atoms with Crippen molar-refractivity contribution in [1.82, 2.24) is 0 Å². The van der Waals surface area contributed by atoms with E-state index in [0.717, 1.165) is 12.0 Å². The van der Waals surface area contributed by atoms with Crippen LogP contribution in [0, 0.1) is 30.6 Å². The molecule has 0 saturated heterocycles. The van der Waals surface area contributed by atoms with Gasteiger partial charge in [-0.2, -0.15) is 8.42 Å². The molecule has 1 aromatic carbocycles. The number of benzene rings is 1. The quantitative estimate of drug-likeness (QED) is 0.119. The summed E-state index contributed by atoms with van der Waals surface area (Å²) in [5, 5.41) is 10.3. The van der Waals surface area contributed by atoms with Crippen LogP contribution in [0.2, 0.25) is 18.1 Å². The molecule has 6 nitrogen and oxygen atoms in total. The van der Waals surface area contributed by atoms with Crippen molar-refractivity contribution >= 4 is 24.4 Å². The summed E-state index contributed by atoms with van der Waals surface area (Å²) >= 11 is 0. The maximum Gasteiger partial charge on any atom is 0.306 e. The minimum Gasteiger partial charge on any atom is -0.481 e.